The number of hydrogen-bond donors (Lipinski definition) is 1. The molecule has 2 rings (SSSR count). The smallest absolute Gasteiger partial charge is 0.238 e. The Bertz CT molecular complexity index is 688. The van der Waals surface area contributed by atoms with E-state index in [0.717, 1.165) is 5.56 Å². The number of carbonyl (C=O) groups excluding carboxylic acids is 1. The second-order valence-electron chi connectivity index (χ2n) is 5.59. The average molecular weight is 336 g/mol. The molecule has 0 aliphatic rings. The van der Waals surface area contributed by atoms with Crippen LogP contribution in [-0.4, -0.2) is 30.4 Å². The van der Waals surface area contributed by atoms with E-state index >= 15 is 0 Å². The minimum Gasteiger partial charge on any atom is -0.487 e. The molecule has 0 spiro atoms. The molecule has 2 aromatic rings. The summed E-state index contributed by atoms with van der Waals surface area (Å²) in [6, 6.07) is 17.4. The van der Waals surface area contributed by atoms with Gasteiger partial charge in [0, 0.05) is 13.1 Å². The summed E-state index contributed by atoms with van der Waals surface area (Å²) in [4.78, 5) is 14.3. The largest absolute Gasteiger partial charge is 0.487 e. The Hall–Kier alpha value is -2.85. The molecule has 0 atom stereocenters. The highest BCUT2D eigenvalue weighted by atomic mass is 16.5. The van der Waals surface area contributed by atoms with Crippen LogP contribution >= 0.6 is 0 Å². The van der Waals surface area contributed by atoms with Gasteiger partial charge in [0.25, 0.3) is 0 Å². The van der Waals surface area contributed by atoms with Gasteiger partial charge in [-0.1, -0.05) is 54.6 Å². The van der Waals surface area contributed by atoms with Crippen LogP contribution in [0.1, 0.15) is 5.56 Å². The van der Waals surface area contributed by atoms with Gasteiger partial charge in [0.15, 0.2) is 0 Å². The van der Waals surface area contributed by atoms with Crippen molar-refractivity contribution < 1.29 is 9.53 Å². The molecule has 1 N–H and O–H groups in total. The standard InChI is InChI=1S/C21H24N2O2/c1-3-14-23(15-4-2)16-21(24)22-19-12-8-9-13-20(19)25-17-18-10-6-5-7-11-18/h3-13H,1-2,14-17H2,(H,22,24). The van der Waals surface area contributed by atoms with Crippen LogP contribution in [0.15, 0.2) is 79.9 Å². The van der Waals surface area contributed by atoms with Crippen LogP contribution in [0, 0.1) is 0 Å². The molecule has 130 valence electrons. The van der Waals surface area contributed by atoms with E-state index in [0.29, 0.717) is 31.1 Å². The van der Waals surface area contributed by atoms with Crippen molar-refractivity contribution in [1.29, 1.82) is 0 Å². The summed E-state index contributed by atoms with van der Waals surface area (Å²) in [6.45, 7) is 9.41. The Morgan fingerprint density at radius 1 is 1.00 bits per heavy atom. The number of benzene rings is 2. The maximum absolute atomic E-state index is 12.3. The zero-order chi connectivity index (χ0) is 17.9. The van der Waals surface area contributed by atoms with Crippen LogP contribution in [0.25, 0.3) is 0 Å². The molecule has 0 fully saturated rings. The molecule has 4 nitrogen and oxygen atoms in total. The Kier molecular flexibility index (Phi) is 7.47. The molecule has 0 heterocycles. The summed E-state index contributed by atoms with van der Waals surface area (Å²) < 4.78 is 5.86. The first-order valence-electron chi connectivity index (χ1n) is 8.22. The number of nitrogens with zero attached hydrogens (tertiary/aromatic N) is 1. The highest BCUT2D eigenvalue weighted by Crippen LogP contribution is 2.24. The zero-order valence-electron chi connectivity index (χ0n) is 14.4. The first kappa shape index (κ1) is 18.5. The van der Waals surface area contributed by atoms with Crippen molar-refractivity contribution in [3.05, 3.63) is 85.5 Å². The van der Waals surface area contributed by atoms with Crippen LogP contribution in [-0.2, 0) is 11.4 Å². The van der Waals surface area contributed by atoms with Crippen LogP contribution in [0.3, 0.4) is 0 Å². The first-order valence-corrected chi connectivity index (χ1v) is 8.22. The lowest BCUT2D eigenvalue weighted by Crippen LogP contribution is -2.33. The second kappa shape index (κ2) is 10.1. The lowest BCUT2D eigenvalue weighted by molar-refractivity contribution is -0.117. The van der Waals surface area contributed by atoms with E-state index in [2.05, 4.69) is 18.5 Å². The molecule has 25 heavy (non-hydrogen) atoms. The molecular formula is C21H24N2O2. The van der Waals surface area contributed by atoms with E-state index in [1.165, 1.54) is 0 Å². The summed E-state index contributed by atoms with van der Waals surface area (Å²) in [5, 5.41) is 2.92. The number of amides is 1. The number of carbonyl (C=O) groups is 1. The SMILES string of the molecule is C=CCN(CC=C)CC(=O)Nc1ccccc1OCc1ccccc1. The molecule has 0 aromatic heterocycles. The fraction of sp³-hybridized carbons (Fsp3) is 0.190. The third-order valence-corrected chi connectivity index (χ3v) is 3.54. The number of hydrogen-bond acceptors (Lipinski definition) is 3. The average Bonchev–Trinajstić information content (AvgIpc) is 2.62. The van der Waals surface area contributed by atoms with Crippen LogP contribution in [0.2, 0.25) is 0 Å². The van der Waals surface area contributed by atoms with Gasteiger partial charge >= 0.3 is 0 Å². The fourth-order valence-corrected chi connectivity index (χ4v) is 2.39. The number of ether oxygens (including phenoxy) is 1. The van der Waals surface area contributed by atoms with Gasteiger partial charge < -0.3 is 10.1 Å². The number of rotatable bonds is 10. The van der Waals surface area contributed by atoms with Crippen molar-refractivity contribution in [3.8, 4) is 5.75 Å². The van der Waals surface area contributed by atoms with Gasteiger partial charge in [0.05, 0.1) is 12.2 Å². The molecule has 0 saturated heterocycles. The summed E-state index contributed by atoms with van der Waals surface area (Å²) in [5.74, 6) is 0.554. The third-order valence-electron chi connectivity index (χ3n) is 3.54. The number of anilines is 1. The molecule has 0 bridgehead atoms. The van der Waals surface area contributed by atoms with Gasteiger partial charge in [-0.3, -0.25) is 9.69 Å². The monoisotopic (exact) mass is 336 g/mol. The van der Waals surface area contributed by atoms with E-state index in [1.807, 2.05) is 59.5 Å². The Balaban J connectivity index is 1.98. The molecule has 0 radical (unpaired) electrons. The minimum atomic E-state index is -0.0977. The summed E-state index contributed by atoms with van der Waals surface area (Å²) in [6.07, 6.45) is 3.54. The Morgan fingerprint density at radius 3 is 2.32 bits per heavy atom. The molecule has 0 aliphatic carbocycles. The van der Waals surface area contributed by atoms with Crippen molar-refractivity contribution in [3.63, 3.8) is 0 Å². The highest BCUT2D eigenvalue weighted by molar-refractivity contribution is 5.93. The summed E-state index contributed by atoms with van der Waals surface area (Å²) in [5.41, 5.74) is 1.74. The van der Waals surface area contributed by atoms with Gasteiger partial charge in [-0.2, -0.15) is 0 Å². The Labute approximate surface area is 149 Å². The maximum Gasteiger partial charge on any atom is 0.238 e. The zero-order valence-corrected chi connectivity index (χ0v) is 14.4. The topological polar surface area (TPSA) is 41.6 Å². The van der Waals surface area contributed by atoms with Crippen molar-refractivity contribution >= 4 is 11.6 Å². The highest BCUT2D eigenvalue weighted by Gasteiger charge is 2.11. The minimum absolute atomic E-state index is 0.0977. The predicted molar refractivity (Wildman–Crippen MR) is 103 cm³/mol. The Morgan fingerprint density at radius 2 is 1.64 bits per heavy atom. The number of nitrogens with one attached hydrogen (secondary N) is 1. The second-order valence-corrected chi connectivity index (χ2v) is 5.59. The summed E-state index contributed by atoms with van der Waals surface area (Å²) in [7, 11) is 0. The van der Waals surface area contributed by atoms with Crippen molar-refractivity contribution in [2.75, 3.05) is 25.0 Å². The molecule has 4 heteroatoms. The van der Waals surface area contributed by atoms with Gasteiger partial charge in [-0.05, 0) is 17.7 Å². The molecular weight excluding hydrogens is 312 g/mol. The normalized spacial score (nSPS) is 10.3. The van der Waals surface area contributed by atoms with E-state index in [1.54, 1.807) is 12.2 Å². The van der Waals surface area contributed by atoms with Crippen molar-refractivity contribution in [1.82, 2.24) is 4.90 Å². The van der Waals surface area contributed by atoms with Gasteiger partial charge in [-0.25, -0.2) is 0 Å². The van der Waals surface area contributed by atoms with E-state index < -0.39 is 0 Å². The van der Waals surface area contributed by atoms with E-state index in [-0.39, 0.29) is 12.5 Å². The predicted octanol–water partition coefficient (Wildman–Crippen LogP) is 3.88. The van der Waals surface area contributed by atoms with E-state index in [9.17, 15) is 4.79 Å². The molecule has 0 unspecified atom stereocenters. The van der Waals surface area contributed by atoms with Crippen LogP contribution in [0.4, 0.5) is 5.69 Å². The van der Waals surface area contributed by atoms with Gasteiger partial charge in [0.1, 0.15) is 12.4 Å². The maximum atomic E-state index is 12.3. The summed E-state index contributed by atoms with van der Waals surface area (Å²) >= 11 is 0. The fourth-order valence-electron chi connectivity index (χ4n) is 2.39. The quantitative estimate of drug-likeness (QED) is 0.670. The van der Waals surface area contributed by atoms with E-state index in [4.69, 9.17) is 4.74 Å². The molecule has 1 amide bonds. The van der Waals surface area contributed by atoms with Gasteiger partial charge in [-0.15, -0.1) is 13.2 Å². The van der Waals surface area contributed by atoms with Gasteiger partial charge in [0.2, 0.25) is 5.91 Å². The van der Waals surface area contributed by atoms with Crippen LogP contribution in [0.5, 0.6) is 5.75 Å². The lowest BCUT2D eigenvalue weighted by atomic mass is 10.2. The van der Waals surface area contributed by atoms with Crippen molar-refractivity contribution in [2.45, 2.75) is 6.61 Å². The molecule has 0 aliphatic heterocycles. The molecule has 0 saturated carbocycles. The van der Waals surface area contributed by atoms with Crippen LogP contribution < -0.4 is 10.1 Å². The number of para-hydroxylation sites is 2. The molecule has 2 aromatic carbocycles. The third kappa shape index (κ3) is 6.28. The van der Waals surface area contributed by atoms with Crippen molar-refractivity contribution in [2.24, 2.45) is 0 Å². The first-order chi connectivity index (χ1) is 12.2. The lowest BCUT2D eigenvalue weighted by Gasteiger charge is -2.19.